The highest BCUT2D eigenvalue weighted by atomic mass is 32.2. The summed E-state index contributed by atoms with van der Waals surface area (Å²) in [6, 6.07) is 14.6. The third-order valence-electron chi connectivity index (χ3n) is 5.55. The molecule has 176 valence electrons. The number of nitrogens with one attached hydrogen (secondary N) is 2. The molecule has 1 saturated carbocycles. The minimum atomic E-state index is -3.46. The fourth-order valence-corrected chi connectivity index (χ4v) is 4.94. The predicted octanol–water partition coefficient (Wildman–Crippen LogP) is 3.47. The SMILES string of the molecule is CCOCCCn1c(NC(=O)CCc2ccc(S(=O)(=O)NC3CC3)cc2)nc2ccccc21. The van der Waals surface area contributed by atoms with Gasteiger partial charge >= 0.3 is 0 Å². The van der Waals surface area contributed by atoms with Gasteiger partial charge in [-0.3, -0.25) is 10.1 Å². The normalized spacial score (nSPS) is 14.0. The van der Waals surface area contributed by atoms with Crippen LogP contribution >= 0.6 is 0 Å². The lowest BCUT2D eigenvalue weighted by Crippen LogP contribution is -2.25. The van der Waals surface area contributed by atoms with Crippen LogP contribution in [-0.2, 0) is 32.5 Å². The Morgan fingerprint density at radius 3 is 2.64 bits per heavy atom. The molecule has 0 radical (unpaired) electrons. The number of ether oxygens (including phenoxy) is 1. The zero-order valence-electron chi connectivity index (χ0n) is 18.8. The predicted molar refractivity (Wildman–Crippen MR) is 128 cm³/mol. The van der Waals surface area contributed by atoms with E-state index >= 15 is 0 Å². The van der Waals surface area contributed by atoms with Gasteiger partial charge in [-0.15, -0.1) is 0 Å². The first-order valence-electron chi connectivity index (χ1n) is 11.4. The van der Waals surface area contributed by atoms with Crippen molar-refractivity contribution in [2.45, 2.75) is 56.5 Å². The maximum atomic E-state index is 12.7. The van der Waals surface area contributed by atoms with Gasteiger partial charge in [0.2, 0.25) is 21.9 Å². The number of aromatic nitrogens is 2. The summed E-state index contributed by atoms with van der Waals surface area (Å²) < 4.78 is 34.7. The van der Waals surface area contributed by atoms with Crippen LogP contribution in [0.1, 0.15) is 38.2 Å². The number of para-hydroxylation sites is 2. The lowest BCUT2D eigenvalue weighted by atomic mass is 10.1. The fraction of sp³-hybridized carbons (Fsp3) is 0.417. The van der Waals surface area contributed by atoms with Crippen LogP contribution in [-0.4, -0.2) is 43.1 Å². The van der Waals surface area contributed by atoms with Crippen LogP contribution < -0.4 is 10.0 Å². The summed E-state index contributed by atoms with van der Waals surface area (Å²) in [5, 5.41) is 2.94. The standard InChI is InChI=1S/C24H30N4O4S/c1-2-32-17-5-16-28-22-7-4-3-6-21(22)25-24(28)26-23(29)15-10-18-8-13-20(14-9-18)33(30,31)27-19-11-12-19/h3-4,6-9,13-14,19,27H,2,5,10-12,15-17H2,1H3,(H,25,26,29). The molecule has 1 aliphatic carbocycles. The Kier molecular flexibility index (Phi) is 7.42. The molecule has 0 unspecified atom stereocenters. The van der Waals surface area contributed by atoms with E-state index in [-0.39, 0.29) is 23.3 Å². The van der Waals surface area contributed by atoms with E-state index in [9.17, 15) is 13.2 Å². The molecule has 3 aromatic rings. The van der Waals surface area contributed by atoms with Crippen molar-refractivity contribution in [2.75, 3.05) is 18.5 Å². The summed E-state index contributed by atoms with van der Waals surface area (Å²) in [4.78, 5) is 17.5. The van der Waals surface area contributed by atoms with E-state index in [2.05, 4.69) is 15.0 Å². The van der Waals surface area contributed by atoms with Crippen molar-refractivity contribution in [3.8, 4) is 0 Å². The minimum Gasteiger partial charge on any atom is -0.382 e. The van der Waals surface area contributed by atoms with Crippen LogP contribution in [0.25, 0.3) is 11.0 Å². The summed E-state index contributed by atoms with van der Waals surface area (Å²) in [5.74, 6) is 0.397. The second-order valence-electron chi connectivity index (χ2n) is 8.21. The molecule has 0 bridgehead atoms. The summed E-state index contributed by atoms with van der Waals surface area (Å²) in [5.41, 5.74) is 2.71. The molecule has 0 atom stereocenters. The summed E-state index contributed by atoms with van der Waals surface area (Å²) >= 11 is 0. The number of sulfonamides is 1. The largest absolute Gasteiger partial charge is 0.382 e. The van der Waals surface area contributed by atoms with Gasteiger partial charge in [-0.25, -0.2) is 18.1 Å². The molecule has 9 heteroatoms. The molecule has 1 aromatic heterocycles. The smallest absolute Gasteiger partial charge is 0.240 e. The van der Waals surface area contributed by atoms with E-state index in [1.165, 1.54) is 0 Å². The van der Waals surface area contributed by atoms with Crippen LogP contribution in [0.15, 0.2) is 53.4 Å². The molecule has 1 fully saturated rings. The Morgan fingerprint density at radius 1 is 1.15 bits per heavy atom. The maximum absolute atomic E-state index is 12.7. The lowest BCUT2D eigenvalue weighted by Gasteiger charge is -2.10. The summed E-state index contributed by atoms with van der Waals surface area (Å²) in [6.07, 6.45) is 3.39. The third-order valence-corrected chi connectivity index (χ3v) is 7.09. The number of carbonyl (C=O) groups is 1. The van der Waals surface area contributed by atoms with E-state index in [1.807, 2.05) is 35.8 Å². The van der Waals surface area contributed by atoms with Crippen molar-refractivity contribution >= 4 is 32.9 Å². The Bertz CT molecular complexity index is 1200. The molecule has 1 aliphatic rings. The third kappa shape index (κ3) is 6.19. The molecule has 2 N–H and O–H groups in total. The topological polar surface area (TPSA) is 102 Å². The number of rotatable bonds is 12. The van der Waals surface area contributed by atoms with Gasteiger partial charge in [0, 0.05) is 32.2 Å². The molecular formula is C24H30N4O4S. The van der Waals surface area contributed by atoms with Gasteiger partial charge in [0.1, 0.15) is 0 Å². The van der Waals surface area contributed by atoms with Crippen LogP contribution in [0, 0.1) is 0 Å². The molecule has 33 heavy (non-hydrogen) atoms. The Hall–Kier alpha value is -2.75. The molecule has 1 amide bonds. The number of hydrogen-bond donors (Lipinski definition) is 2. The number of fused-ring (bicyclic) bond motifs is 1. The summed E-state index contributed by atoms with van der Waals surface area (Å²) in [7, 11) is -3.46. The van der Waals surface area contributed by atoms with Crippen molar-refractivity contribution in [2.24, 2.45) is 0 Å². The van der Waals surface area contributed by atoms with Crippen LogP contribution in [0.3, 0.4) is 0 Å². The fourth-order valence-electron chi connectivity index (χ4n) is 3.64. The van der Waals surface area contributed by atoms with Crippen molar-refractivity contribution in [3.05, 3.63) is 54.1 Å². The zero-order chi connectivity index (χ0) is 23.3. The highest BCUT2D eigenvalue weighted by Gasteiger charge is 2.27. The van der Waals surface area contributed by atoms with Crippen molar-refractivity contribution in [3.63, 3.8) is 0 Å². The average molecular weight is 471 g/mol. The number of hydrogen-bond acceptors (Lipinski definition) is 5. The number of aryl methyl sites for hydroxylation is 2. The van der Waals surface area contributed by atoms with Crippen LogP contribution in [0.2, 0.25) is 0 Å². The quantitative estimate of drug-likeness (QED) is 0.395. The van der Waals surface area contributed by atoms with Crippen molar-refractivity contribution < 1.29 is 17.9 Å². The van der Waals surface area contributed by atoms with E-state index in [4.69, 9.17) is 4.74 Å². The molecule has 0 spiro atoms. The molecule has 8 nitrogen and oxygen atoms in total. The number of anilines is 1. The van der Waals surface area contributed by atoms with Gasteiger partial charge < -0.3 is 9.30 Å². The van der Waals surface area contributed by atoms with Gasteiger partial charge in [-0.2, -0.15) is 0 Å². The second kappa shape index (κ2) is 10.5. The van der Waals surface area contributed by atoms with Crippen molar-refractivity contribution in [1.82, 2.24) is 14.3 Å². The van der Waals surface area contributed by atoms with Gasteiger partial charge in [0.15, 0.2) is 0 Å². The van der Waals surface area contributed by atoms with Crippen LogP contribution in [0.5, 0.6) is 0 Å². The van der Waals surface area contributed by atoms with E-state index < -0.39 is 10.0 Å². The van der Waals surface area contributed by atoms with E-state index in [0.29, 0.717) is 32.1 Å². The number of imidazole rings is 1. The molecule has 2 aromatic carbocycles. The van der Waals surface area contributed by atoms with Gasteiger partial charge in [-0.1, -0.05) is 24.3 Å². The molecular weight excluding hydrogens is 440 g/mol. The first kappa shape index (κ1) is 23.4. The minimum absolute atomic E-state index is 0.0711. The van der Waals surface area contributed by atoms with Gasteiger partial charge in [-0.05, 0) is 62.4 Å². The summed E-state index contributed by atoms with van der Waals surface area (Å²) in [6.45, 7) is 3.99. The number of benzene rings is 2. The highest BCUT2D eigenvalue weighted by molar-refractivity contribution is 7.89. The Morgan fingerprint density at radius 2 is 1.91 bits per heavy atom. The van der Waals surface area contributed by atoms with E-state index in [1.54, 1.807) is 24.3 Å². The molecule has 0 saturated heterocycles. The number of amides is 1. The average Bonchev–Trinajstić information content (AvgIpc) is 3.55. The maximum Gasteiger partial charge on any atom is 0.240 e. The monoisotopic (exact) mass is 470 g/mol. The van der Waals surface area contributed by atoms with Gasteiger partial charge in [0.05, 0.1) is 15.9 Å². The Balaban J connectivity index is 1.36. The van der Waals surface area contributed by atoms with Gasteiger partial charge in [0.25, 0.3) is 0 Å². The molecule has 0 aliphatic heterocycles. The first-order valence-corrected chi connectivity index (χ1v) is 12.9. The first-order chi connectivity index (χ1) is 16.0. The number of carbonyl (C=O) groups excluding carboxylic acids is 1. The number of nitrogens with zero attached hydrogens (tertiary/aromatic N) is 2. The molecule has 4 rings (SSSR count). The van der Waals surface area contributed by atoms with Crippen LogP contribution in [0.4, 0.5) is 5.95 Å². The second-order valence-corrected chi connectivity index (χ2v) is 9.93. The lowest BCUT2D eigenvalue weighted by molar-refractivity contribution is -0.116. The Labute approximate surface area is 194 Å². The highest BCUT2D eigenvalue weighted by Crippen LogP contribution is 2.23. The zero-order valence-corrected chi connectivity index (χ0v) is 19.6. The van der Waals surface area contributed by atoms with Crippen molar-refractivity contribution in [1.29, 1.82) is 0 Å². The van der Waals surface area contributed by atoms with E-state index in [0.717, 1.165) is 35.9 Å². The molecule has 1 heterocycles.